The van der Waals surface area contributed by atoms with Crippen molar-refractivity contribution in [3.63, 3.8) is 0 Å². The van der Waals surface area contributed by atoms with E-state index in [1.54, 1.807) is 0 Å². The number of nitrogens with two attached hydrogens (primary N) is 1. The molecule has 3 amide bonds. The number of amides is 3. The first-order valence-corrected chi connectivity index (χ1v) is 6.13. The molecule has 0 aliphatic heterocycles. The summed E-state index contributed by atoms with van der Waals surface area (Å²) in [6, 6.07) is -1.88. The molecule has 0 spiro atoms. The molecule has 1 atom stereocenters. The second-order valence-corrected chi connectivity index (χ2v) is 4.83. The van der Waals surface area contributed by atoms with Crippen LogP contribution in [0.25, 0.3) is 0 Å². The van der Waals surface area contributed by atoms with Crippen LogP contribution >= 0.6 is 0 Å². The maximum absolute atomic E-state index is 12.5. The van der Waals surface area contributed by atoms with E-state index in [2.05, 4.69) is 10.6 Å². The lowest BCUT2D eigenvalue weighted by Crippen LogP contribution is -2.50. The van der Waals surface area contributed by atoms with Gasteiger partial charge >= 0.3 is 12.2 Å². The Hall–Kier alpha value is -1.47. The van der Waals surface area contributed by atoms with E-state index in [1.165, 1.54) is 6.92 Å². The summed E-state index contributed by atoms with van der Waals surface area (Å²) in [5.41, 5.74) is 4.88. The number of hydrogen-bond donors (Lipinski definition) is 3. The summed E-state index contributed by atoms with van der Waals surface area (Å²) in [5, 5.41) is 4.83. The van der Waals surface area contributed by atoms with Crippen LogP contribution in [0.5, 0.6) is 0 Å². The Morgan fingerprint density at radius 1 is 1.21 bits per heavy atom. The Morgan fingerprint density at radius 2 is 1.74 bits per heavy atom. The topological polar surface area (TPSA) is 84.2 Å². The molecular formula is C11H18F3N3O2. The molecule has 0 bridgehead atoms. The molecule has 4 N–H and O–H groups in total. The molecule has 5 nitrogen and oxygen atoms in total. The first-order chi connectivity index (χ1) is 8.70. The molecule has 8 heteroatoms. The number of nitrogens with one attached hydrogen (secondary N) is 2. The monoisotopic (exact) mass is 281 g/mol. The average molecular weight is 281 g/mol. The van der Waals surface area contributed by atoms with E-state index in [1.807, 2.05) is 0 Å². The quantitative estimate of drug-likeness (QED) is 0.728. The van der Waals surface area contributed by atoms with Gasteiger partial charge in [-0.25, -0.2) is 4.79 Å². The van der Waals surface area contributed by atoms with Gasteiger partial charge in [-0.05, 0) is 32.6 Å². The Kier molecular flexibility index (Phi) is 5.02. The molecule has 19 heavy (non-hydrogen) atoms. The third kappa shape index (κ3) is 4.96. The minimum absolute atomic E-state index is 0.0199. The van der Waals surface area contributed by atoms with E-state index in [0.717, 1.165) is 0 Å². The Morgan fingerprint density at radius 3 is 2.16 bits per heavy atom. The van der Waals surface area contributed by atoms with Gasteiger partial charge in [0.25, 0.3) is 0 Å². The predicted octanol–water partition coefficient (Wildman–Crippen LogP) is 1.28. The van der Waals surface area contributed by atoms with Crippen molar-refractivity contribution >= 4 is 11.9 Å². The van der Waals surface area contributed by atoms with E-state index >= 15 is 0 Å². The second kappa shape index (κ2) is 6.12. The Bertz CT molecular complexity index is 339. The van der Waals surface area contributed by atoms with E-state index < -0.39 is 30.1 Å². The summed E-state index contributed by atoms with van der Waals surface area (Å²) in [7, 11) is 0. The van der Waals surface area contributed by atoms with Gasteiger partial charge in [0.15, 0.2) is 0 Å². The normalized spacial score (nSPS) is 25.5. The van der Waals surface area contributed by atoms with Crippen molar-refractivity contribution in [3.8, 4) is 0 Å². The third-order valence-corrected chi connectivity index (χ3v) is 3.29. The molecule has 1 rings (SSSR count). The average Bonchev–Trinajstić information content (AvgIpc) is 2.27. The zero-order chi connectivity index (χ0) is 14.6. The molecule has 1 aliphatic carbocycles. The van der Waals surface area contributed by atoms with Gasteiger partial charge in [0, 0.05) is 6.04 Å². The highest BCUT2D eigenvalue weighted by molar-refractivity contribution is 5.86. The maximum atomic E-state index is 12.5. The van der Waals surface area contributed by atoms with Gasteiger partial charge in [0.05, 0.1) is 5.92 Å². The smallest absolute Gasteiger partial charge is 0.352 e. The zero-order valence-corrected chi connectivity index (χ0v) is 10.6. The summed E-state index contributed by atoms with van der Waals surface area (Å²) >= 11 is 0. The fraction of sp³-hybridized carbons (Fsp3) is 0.818. The highest BCUT2D eigenvalue weighted by Gasteiger charge is 2.41. The van der Waals surface area contributed by atoms with Gasteiger partial charge in [-0.2, -0.15) is 13.2 Å². The number of halogens is 3. The Balaban J connectivity index is 2.37. The van der Waals surface area contributed by atoms with Crippen LogP contribution in [0.15, 0.2) is 0 Å². The maximum Gasteiger partial charge on any atom is 0.391 e. The summed E-state index contributed by atoms with van der Waals surface area (Å²) in [6.07, 6.45) is -3.54. The summed E-state index contributed by atoms with van der Waals surface area (Å²) in [4.78, 5) is 22.2. The van der Waals surface area contributed by atoms with Crippen LogP contribution in [0.1, 0.15) is 32.6 Å². The van der Waals surface area contributed by atoms with Gasteiger partial charge in [-0.3, -0.25) is 4.79 Å². The largest absolute Gasteiger partial charge is 0.391 e. The predicted molar refractivity (Wildman–Crippen MR) is 62.1 cm³/mol. The lowest BCUT2D eigenvalue weighted by molar-refractivity contribution is -0.182. The summed E-state index contributed by atoms with van der Waals surface area (Å²) in [5.74, 6) is -1.71. The lowest BCUT2D eigenvalue weighted by atomic mass is 9.85. The molecular weight excluding hydrogens is 263 g/mol. The molecule has 0 aromatic heterocycles. The first kappa shape index (κ1) is 15.6. The highest BCUT2D eigenvalue weighted by Crippen LogP contribution is 2.37. The van der Waals surface area contributed by atoms with Crippen molar-refractivity contribution in [2.75, 3.05) is 0 Å². The fourth-order valence-electron chi connectivity index (χ4n) is 2.17. The fourth-order valence-corrected chi connectivity index (χ4v) is 2.17. The Labute approximate surface area is 109 Å². The molecule has 0 heterocycles. The molecule has 0 radical (unpaired) electrons. The lowest BCUT2D eigenvalue weighted by Gasteiger charge is -2.30. The molecule has 1 aliphatic rings. The number of alkyl halides is 3. The minimum Gasteiger partial charge on any atom is -0.352 e. The van der Waals surface area contributed by atoms with Crippen LogP contribution in [0.3, 0.4) is 0 Å². The van der Waals surface area contributed by atoms with Crippen LogP contribution in [0.4, 0.5) is 18.0 Å². The van der Waals surface area contributed by atoms with Crippen molar-refractivity contribution in [1.82, 2.24) is 10.6 Å². The van der Waals surface area contributed by atoms with Crippen LogP contribution in [-0.4, -0.2) is 30.2 Å². The number of urea groups is 1. The van der Waals surface area contributed by atoms with Crippen LogP contribution in [-0.2, 0) is 4.79 Å². The van der Waals surface area contributed by atoms with Gasteiger partial charge in [-0.1, -0.05) is 0 Å². The van der Waals surface area contributed by atoms with Crippen LogP contribution in [0, 0.1) is 5.92 Å². The first-order valence-electron chi connectivity index (χ1n) is 6.13. The number of carbonyl (C=O) groups is 2. The molecule has 0 saturated heterocycles. The standard InChI is InChI=1S/C11H18F3N3O2/c1-6(16-10(15)19)9(18)17-8-4-2-7(3-5-8)11(12,13)14/h6-8H,2-5H2,1H3,(H,17,18)(H3,15,16,19). The minimum atomic E-state index is -4.16. The third-order valence-electron chi connectivity index (χ3n) is 3.29. The molecule has 0 aromatic carbocycles. The molecule has 0 aromatic rings. The van der Waals surface area contributed by atoms with Crippen LogP contribution < -0.4 is 16.4 Å². The number of hydrogen-bond acceptors (Lipinski definition) is 2. The molecule has 1 saturated carbocycles. The summed E-state index contributed by atoms with van der Waals surface area (Å²) < 4.78 is 37.4. The van der Waals surface area contributed by atoms with Crippen molar-refractivity contribution in [2.24, 2.45) is 11.7 Å². The van der Waals surface area contributed by atoms with Crippen molar-refractivity contribution in [3.05, 3.63) is 0 Å². The van der Waals surface area contributed by atoms with E-state index in [4.69, 9.17) is 5.73 Å². The zero-order valence-electron chi connectivity index (χ0n) is 10.6. The summed E-state index contributed by atoms with van der Waals surface area (Å²) in [6.45, 7) is 1.46. The number of carbonyl (C=O) groups excluding carboxylic acids is 2. The number of primary amides is 1. The van der Waals surface area contributed by atoms with E-state index in [0.29, 0.717) is 12.8 Å². The van der Waals surface area contributed by atoms with E-state index in [9.17, 15) is 22.8 Å². The molecule has 1 fully saturated rings. The SMILES string of the molecule is CC(NC(N)=O)C(=O)NC1CCC(C(F)(F)F)CC1. The van der Waals surface area contributed by atoms with Crippen molar-refractivity contribution in [1.29, 1.82) is 0 Å². The number of rotatable bonds is 3. The molecule has 1 unspecified atom stereocenters. The highest BCUT2D eigenvalue weighted by atomic mass is 19.4. The van der Waals surface area contributed by atoms with Gasteiger partial charge in [-0.15, -0.1) is 0 Å². The van der Waals surface area contributed by atoms with Gasteiger partial charge < -0.3 is 16.4 Å². The van der Waals surface area contributed by atoms with Crippen LogP contribution in [0.2, 0.25) is 0 Å². The second-order valence-electron chi connectivity index (χ2n) is 4.83. The van der Waals surface area contributed by atoms with E-state index in [-0.39, 0.29) is 18.9 Å². The van der Waals surface area contributed by atoms with Crippen molar-refractivity contribution in [2.45, 2.75) is 50.9 Å². The van der Waals surface area contributed by atoms with Gasteiger partial charge in [0.2, 0.25) is 5.91 Å². The van der Waals surface area contributed by atoms with Crippen molar-refractivity contribution < 1.29 is 22.8 Å². The van der Waals surface area contributed by atoms with Gasteiger partial charge in [0.1, 0.15) is 6.04 Å². The molecule has 110 valence electrons.